The molecule has 0 rings (SSSR count). The number of rotatable bonds is 3. The molecule has 0 spiro atoms. The Kier molecular flexibility index (Phi) is 3.87. The van der Waals surface area contributed by atoms with Gasteiger partial charge in [0.2, 0.25) is 0 Å². The van der Waals surface area contributed by atoms with Crippen LogP contribution in [0.2, 0.25) is 0 Å². The summed E-state index contributed by atoms with van der Waals surface area (Å²) in [4.78, 5) is 2.26. The summed E-state index contributed by atoms with van der Waals surface area (Å²) in [5, 5.41) is 0. The Labute approximate surface area is 59.1 Å². The Hall–Kier alpha value is -0.0400. The van der Waals surface area contributed by atoms with Gasteiger partial charge in [0.05, 0.1) is 0 Å². The molecule has 0 aromatic rings. The lowest BCUT2D eigenvalue weighted by Crippen LogP contribution is -2.25. The van der Waals surface area contributed by atoms with Gasteiger partial charge in [0, 0.05) is 6.04 Å². The predicted molar refractivity (Wildman–Crippen MR) is 42.6 cm³/mol. The Bertz CT molecular complexity index is 67.0. The summed E-state index contributed by atoms with van der Waals surface area (Å²) in [7, 11) is 4.26. The summed E-state index contributed by atoms with van der Waals surface area (Å²) in [6.07, 6.45) is 1.30. The van der Waals surface area contributed by atoms with Crippen LogP contribution in [0.25, 0.3) is 0 Å². The van der Waals surface area contributed by atoms with Crippen LogP contribution in [0.3, 0.4) is 0 Å². The van der Waals surface area contributed by atoms with E-state index in [0.29, 0.717) is 0 Å². The molecule has 0 saturated heterocycles. The first-order valence-corrected chi connectivity index (χ1v) is 3.70. The van der Waals surface area contributed by atoms with Crippen LogP contribution in [0, 0.1) is 5.92 Å². The van der Waals surface area contributed by atoms with Gasteiger partial charge in [0.25, 0.3) is 0 Å². The van der Waals surface area contributed by atoms with Crippen LogP contribution >= 0.6 is 0 Å². The molecule has 0 heterocycles. The summed E-state index contributed by atoms with van der Waals surface area (Å²) < 4.78 is 0. The lowest BCUT2D eigenvalue weighted by Gasteiger charge is -2.21. The highest BCUT2D eigenvalue weighted by Gasteiger charge is 2.05. The minimum absolute atomic E-state index is 0.727. The second-order valence-corrected chi connectivity index (χ2v) is 3.44. The second kappa shape index (κ2) is 3.89. The molecule has 0 aromatic carbocycles. The lowest BCUT2D eigenvalue weighted by atomic mass is 10.1. The van der Waals surface area contributed by atoms with Gasteiger partial charge in [-0.1, -0.05) is 13.8 Å². The molecule has 0 radical (unpaired) electrons. The van der Waals surface area contributed by atoms with Gasteiger partial charge in [0.1, 0.15) is 0 Å². The van der Waals surface area contributed by atoms with Crippen molar-refractivity contribution in [3.63, 3.8) is 0 Å². The smallest absolute Gasteiger partial charge is 0.00632 e. The van der Waals surface area contributed by atoms with Gasteiger partial charge >= 0.3 is 0 Å². The standard InChI is InChI=1S/C8H19N/c1-7(2)6-8(3)9(4)5/h7-8H,6H2,1-5H3/t8-/m1/s1. The van der Waals surface area contributed by atoms with E-state index in [1.54, 1.807) is 0 Å². The highest BCUT2D eigenvalue weighted by molar-refractivity contribution is 4.60. The molecule has 1 atom stereocenters. The van der Waals surface area contributed by atoms with Gasteiger partial charge in [-0.25, -0.2) is 0 Å². The third-order valence-corrected chi connectivity index (χ3v) is 1.69. The average Bonchev–Trinajstić information content (AvgIpc) is 1.63. The van der Waals surface area contributed by atoms with Crippen LogP contribution < -0.4 is 0 Å². The van der Waals surface area contributed by atoms with Gasteiger partial charge in [-0.3, -0.25) is 0 Å². The Morgan fingerprint density at radius 2 is 1.56 bits per heavy atom. The molecule has 1 nitrogen and oxygen atoms in total. The van der Waals surface area contributed by atoms with E-state index in [9.17, 15) is 0 Å². The topological polar surface area (TPSA) is 3.24 Å². The fourth-order valence-corrected chi connectivity index (χ4v) is 0.893. The van der Waals surface area contributed by atoms with Crippen molar-refractivity contribution in [3.8, 4) is 0 Å². The van der Waals surface area contributed by atoms with Crippen molar-refractivity contribution in [3.05, 3.63) is 0 Å². The third-order valence-electron chi connectivity index (χ3n) is 1.69. The van der Waals surface area contributed by atoms with E-state index < -0.39 is 0 Å². The summed E-state index contributed by atoms with van der Waals surface area (Å²) in [5.74, 6) is 0.822. The molecule has 0 aliphatic heterocycles. The quantitative estimate of drug-likeness (QED) is 0.563. The van der Waals surface area contributed by atoms with Gasteiger partial charge in [0.15, 0.2) is 0 Å². The van der Waals surface area contributed by atoms with Crippen LogP contribution in [0.1, 0.15) is 27.2 Å². The first kappa shape index (κ1) is 8.96. The Balaban J connectivity index is 3.38. The van der Waals surface area contributed by atoms with Gasteiger partial charge in [-0.15, -0.1) is 0 Å². The maximum atomic E-state index is 2.26. The fourth-order valence-electron chi connectivity index (χ4n) is 0.893. The average molecular weight is 129 g/mol. The molecular formula is C8H19N. The fraction of sp³-hybridized carbons (Fsp3) is 1.00. The van der Waals surface area contributed by atoms with E-state index in [0.717, 1.165) is 12.0 Å². The van der Waals surface area contributed by atoms with E-state index in [-0.39, 0.29) is 0 Å². The summed E-state index contributed by atoms with van der Waals surface area (Å²) in [6, 6.07) is 0.727. The zero-order valence-electron chi connectivity index (χ0n) is 7.31. The summed E-state index contributed by atoms with van der Waals surface area (Å²) in [5.41, 5.74) is 0. The van der Waals surface area contributed by atoms with Crippen LogP contribution in [0.5, 0.6) is 0 Å². The van der Waals surface area contributed by atoms with E-state index >= 15 is 0 Å². The van der Waals surface area contributed by atoms with E-state index in [2.05, 4.69) is 39.8 Å². The molecule has 0 aromatic heterocycles. The molecule has 0 N–H and O–H groups in total. The molecule has 0 aliphatic carbocycles. The lowest BCUT2D eigenvalue weighted by molar-refractivity contribution is 0.274. The van der Waals surface area contributed by atoms with Crippen molar-refractivity contribution in [2.75, 3.05) is 14.1 Å². The third kappa shape index (κ3) is 4.46. The van der Waals surface area contributed by atoms with Crippen molar-refractivity contribution in [2.45, 2.75) is 33.2 Å². The normalized spacial score (nSPS) is 15.0. The molecule has 0 unspecified atom stereocenters. The molecule has 1 heteroatoms. The SMILES string of the molecule is CC(C)C[C@@H](C)N(C)C. The van der Waals surface area contributed by atoms with Crippen LogP contribution in [-0.2, 0) is 0 Å². The first-order valence-electron chi connectivity index (χ1n) is 3.70. The van der Waals surface area contributed by atoms with E-state index in [1.807, 2.05) is 0 Å². The molecule has 0 amide bonds. The van der Waals surface area contributed by atoms with Crippen molar-refractivity contribution >= 4 is 0 Å². The second-order valence-electron chi connectivity index (χ2n) is 3.44. The van der Waals surface area contributed by atoms with Crippen LogP contribution in [0.15, 0.2) is 0 Å². The van der Waals surface area contributed by atoms with Crippen LogP contribution in [0.4, 0.5) is 0 Å². The maximum absolute atomic E-state index is 2.26. The maximum Gasteiger partial charge on any atom is 0.00632 e. The Morgan fingerprint density at radius 3 is 1.67 bits per heavy atom. The molecule has 0 bridgehead atoms. The van der Waals surface area contributed by atoms with Gasteiger partial charge in [-0.05, 0) is 33.4 Å². The zero-order chi connectivity index (χ0) is 7.44. The zero-order valence-corrected chi connectivity index (χ0v) is 7.31. The minimum Gasteiger partial charge on any atom is -0.307 e. The summed E-state index contributed by atoms with van der Waals surface area (Å²) >= 11 is 0. The van der Waals surface area contributed by atoms with Crippen molar-refractivity contribution in [1.29, 1.82) is 0 Å². The number of nitrogens with zero attached hydrogens (tertiary/aromatic N) is 1. The molecule has 9 heavy (non-hydrogen) atoms. The largest absolute Gasteiger partial charge is 0.307 e. The predicted octanol–water partition coefficient (Wildman–Crippen LogP) is 1.98. The van der Waals surface area contributed by atoms with Crippen molar-refractivity contribution in [1.82, 2.24) is 4.90 Å². The van der Waals surface area contributed by atoms with E-state index in [1.165, 1.54) is 6.42 Å². The van der Waals surface area contributed by atoms with Crippen molar-refractivity contribution in [2.24, 2.45) is 5.92 Å². The minimum atomic E-state index is 0.727. The molecule has 0 fully saturated rings. The van der Waals surface area contributed by atoms with E-state index in [4.69, 9.17) is 0 Å². The molecule has 56 valence electrons. The van der Waals surface area contributed by atoms with Crippen LogP contribution in [-0.4, -0.2) is 25.0 Å². The van der Waals surface area contributed by atoms with Gasteiger partial charge < -0.3 is 4.90 Å². The highest BCUT2D eigenvalue weighted by atomic mass is 15.1. The molecule has 0 aliphatic rings. The van der Waals surface area contributed by atoms with Crippen molar-refractivity contribution < 1.29 is 0 Å². The number of hydrogen-bond acceptors (Lipinski definition) is 1. The monoisotopic (exact) mass is 129 g/mol. The Morgan fingerprint density at radius 1 is 1.11 bits per heavy atom. The summed E-state index contributed by atoms with van der Waals surface area (Å²) in [6.45, 7) is 6.79. The first-order chi connectivity index (χ1) is 4.04. The molecule has 0 saturated carbocycles. The molecular weight excluding hydrogens is 110 g/mol. The number of hydrogen-bond donors (Lipinski definition) is 0. The van der Waals surface area contributed by atoms with Gasteiger partial charge in [-0.2, -0.15) is 0 Å². The highest BCUT2D eigenvalue weighted by Crippen LogP contribution is 2.06.